The minimum atomic E-state index is -0.182. The van der Waals surface area contributed by atoms with Crippen molar-refractivity contribution in [3.63, 3.8) is 0 Å². The molecule has 0 saturated heterocycles. The maximum absolute atomic E-state index is 12.4. The second kappa shape index (κ2) is 9.36. The largest absolute Gasteiger partial charge is 0.493 e. The Kier molecular flexibility index (Phi) is 6.38. The molecule has 0 unspecified atom stereocenters. The van der Waals surface area contributed by atoms with Gasteiger partial charge in [-0.05, 0) is 36.4 Å². The molecule has 0 bridgehead atoms. The third-order valence-corrected chi connectivity index (χ3v) is 5.82. The highest BCUT2D eigenvalue weighted by molar-refractivity contribution is 9.10. The van der Waals surface area contributed by atoms with E-state index in [2.05, 4.69) is 36.5 Å². The summed E-state index contributed by atoms with van der Waals surface area (Å²) >= 11 is 4.70. The molecule has 4 rings (SSSR count). The van der Waals surface area contributed by atoms with Gasteiger partial charge in [0.15, 0.2) is 17.1 Å². The van der Waals surface area contributed by atoms with Crippen LogP contribution in [0.2, 0.25) is 0 Å². The number of rotatable bonds is 7. The zero-order chi connectivity index (χ0) is 21.8. The van der Waals surface area contributed by atoms with Crippen molar-refractivity contribution in [2.75, 3.05) is 25.3 Å². The van der Waals surface area contributed by atoms with E-state index in [1.54, 1.807) is 36.9 Å². The van der Waals surface area contributed by atoms with Crippen LogP contribution in [0.15, 0.2) is 64.2 Å². The molecule has 31 heavy (non-hydrogen) atoms. The van der Waals surface area contributed by atoms with Crippen molar-refractivity contribution < 1.29 is 14.3 Å². The summed E-state index contributed by atoms with van der Waals surface area (Å²) in [6.07, 6.45) is 0. The van der Waals surface area contributed by atoms with Crippen LogP contribution in [0.4, 0.5) is 5.69 Å². The second-order valence-corrected chi connectivity index (χ2v) is 8.24. The molecule has 0 aliphatic heterocycles. The van der Waals surface area contributed by atoms with Crippen LogP contribution in [0.3, 0.4) is 0 Å². The molecule has 2 aromatic carbocycles. The van der Waals surface area contributed by atoms with Crippen LogP contribution in [0.25, 0.3) is 16.9 Å². The molecule has 1 N–H and O–H groups in total. The highest BCUT2D eigenvalue weighted by Gasteiger charge is 2.13. The topological polar surface area (TPSA) is 90.6 Å². The molecule has 4 aromatic rings. The predicted octanol–water partition coefficient (Wildman–Crippen LogP) is 4.30. The Morgan fingerprint density at radius 2 is 1.81 bits per heavy atom. The predicted molar refractivity (Wildman–Crippen MR) is 123 cm³/mol. The Morgan fingerprint density at radius 3 is 2.55 bits per heavy atom. The van der Waals surface area contributed by atoms with Gasteiger partial charge in [-0.25, -0.2) is 0 Å². The average molecular weight is 500 g/mol. The Morgan fingerprint density at radius 1 is 1.03 bits per heavy atom. The Bertz CT molecular complexity index is 1230. The van der Waals surface area contributed by atoms with Crippen LogP contribution in [-0.2, 0) is 4.79 Å². The number of nitrogens with zero attached hydrogens (tertiary/aromatic N) is 4. The van der Waals surface area contributed by atoms with Gasteiger partial charge in [-0.3, -0.25) is 4.79 Å². The Balaban J connectivity index is 1.47. The summed E-state index contributed by atoms with van der Waals surface area (Å²) in [6.45, 7) is 0. The van der Waals surface area contributed by atoms with Gasteiger partial charge >= 0.3 is 0 Å². The van der Waals surface area contributed by atoms with Gasteiger partial charge in [0.2, 0.25) is 11.1 Å². The normalized spacial score (nSPS) is 10.8. The van der Waals surface area contributed by atoms with Crippen LogP contribution >= 0.6 is 27.7 Å². The van der Waals surface area contributed by atoms with E-state index in [-0.39, 0.29) is 11.7 Å². The van der Waals surface area contributed by atoms with Crippen molar-refractivity contribution in [3.8, 4) is 22.8 Å². The lowest BCUT2D eigenvalue weighted by Gasteiger charge is -2.10. The number of amides is 1. The summed E-state index contributed by atoms with van der Waals surface area (Å²) in [4.78, 5) is 12.4. The van der Waals surface area contributed by atoms with Crippen molar-refractivity contribution in [2.24, 2.45) is 0 Å². The molecular formula is C21H18BrN5O3S. The van der Waals surface area contributed by atoms with Crippen LogP contribution in [0.5, 0.6) is 11.5 Å². The van der Waals surface area contributed by atoms with Gasteiger partial charge in [-0.1, -0.05) is 39.8 Å². The van der Waals surface area contributed by atoms with Crippen molar-refractivity contribution in [1.29, 1.82) is 0 Å². The van der Waals surface area contributed by atoms with E-state index in [0.717, 1.165) is 15.7 Å². The molecule has 0 aliphatic rings. The van der Waals surface area contributed by atoms with Crippen LogP contribution in [0, 0.1) is 0 Å². The van der Waals surface area contributed by atoms with E-state index < -0.39 is 0 Å². The molecular weight excluding hydrogens is 482 g/mol. The van der Waals surface area contributed by atoms with Gasteiger partial charge in [0.1, 0.15) is 0 Å². The number of fused-ring (bicyclic) bond motifs is 1. The van der Waals surface area contributed by atoms with E-state index in [0.29, 0.717) is 28.0 Å². The summed E-state index contributed by atoms with van der Waals surface area (Å²) in [7, 11) is 3.11. The molecule has 2 heterocycles. The van der Waals surface area contributed by atoms with Crippen molar-refractivity contribution in [3.05, 3.63) is 59.1 Å². The molecule has 0 fully saturated rings. The molecule has 158 valence electrons. The monoisotopic (exact) mass is 499 g/mol. The fourth-order valence-corrected chi connectivity index (χ4v) is 3.83. The van der Waals surface area contributed by atoms with E-state index in [1.165, 1.54) is 11.8 Å². The van der Waals surface area contributed by atoms with Crippen molar-refractivity contribution in [2.45, 2.75) is 5.16 Å². The lowest BCUT2D eigenvalue weighted by molar-refractivity contribution is -0.113. The molecule has 10 heteroatoms. The third-order valence-electron chi connectivity index (χ3n) is 4.37. The minimum absolute atomic E-state index is 0.152. The summed E-state index contributed by atoms with van der Waals surface area (Å²) in [5, 5.41) is 16.3. The molecule has 2 aromatic heterocycles. The SMILES string of the molecule is COc1ccc(NC(=O)CSc2nnc3ccc(-c4ccc(Br)cc4)nn23)cc1OC. The van der Waals surface area contributed by atoms with Crippen LogP contribution in [-0.4, -0.2) is 45.7 Å². The Labute approximate surface area is 191 Å². The molecule has 1 amide bonds. The lowest BCUT2D eigenvalue weighted by Crippen LogP contribution is -2.14. The second-order valence-electron chi connectivity index (χ2n) is 6.38. The maximum Gasteiger partial charge on any atom is 0.234 e. The number of methoxy groups -OCH3 is 2. The fourth-order valence-electron chi connectivity index (χ4n) is 2.87. The number of thioether (sulfide) groups is 1. The number of hydrogen-bond donors (Lipinski definition) is 1. The first kappa shape index (κ1) is 21.1. The average Bonchev–Trinajstić information content (AvgIpc) is 3.20. The molecule has 0 spiro atoms. The van der Waals surface area contributed by atoms with E-state index >= 15 is 0 Å². The minimum Gasteiger partial charge on any atom is -0.493 e. The van der Waals surface area contributed by atoms with Gasteiger partial charge in [0, 0.05) is 21.8 Å². The zero-order valence-electron chi connectivity index (χ0n) is 16.7. The van der Waals surface area contributed by atoms with Gasteiger partial charge in [-0.2, -0.15) is 9.61 Å². The summed E-state index contributed by atoms with van der Waals surface area (Å²) in [6, 6.07) is 16.8. The van der Waals surface area contributed by atoms with E-state index in [9.17, 15) is 4.79 Å². The fraction of sp³-hybridized carbons (Fsp3) is 0.143. The Hall–Kier alpha value is -3.11. The van der Waals surface area contributed by atoms with Crippen molar-refractivity contribution >= 4 is 44.9 Å². The van der Waals surface area contributed by atoms with Gasteiger partial charge < -0.3 is 14.8 Å². The van der Waals surface area contributed by atoms with Gasteiger partial charge in [-0.15, -0.1) is 10.2 Å². The quantitative estimate of drug-likeness (QED) is 0.379. The number of benzene rings is 2. The first-order valence-corrected chi connectivity index (χ1v) is 11.0. The van der Waals surface area contributed by atoms with E-state index in [1.807, 2.05) is 36.4 Å². The third kappa shape index (κ3) is 4.80. The highest BCUT2D eigenvalue weighted by atomic mass is 79.9. The van der Waals surface area contributed by atoms with Crippen molar-refractivity contribution in [1.82, 2.24) is 19.8 Å². The number of carbonyl (C=O) groups excluding carboxylic acids is 1. The molecule has 8 nitrogen and oxygen atoms in total. The van der Waals surface area contributed by atoms with Crippen LogP contribution < -0.4 is 14.8 Å². The number of carbonyl (C=O) groups is 1. The molecule has 0 saturated carbocycles. The number of hydrogen-bond acceptors (Lipinski definition) is 7. The number of halogens is 1. The van der Waals surface area contributed by atoms with Crippen LogP contribution in [0.1, 0.15) is 0 Å². The number of aromatic nitrogens is 4. The molecule has 0 aliphatic carbocycles. The first-order chi connectivity index (χ1) is 15.1. The molecule has 0 radical (unpaired) electrons. The standard InChI is InChI=1S/C21H18BrN5O3S/c1-29-17-9-7-15(11-18(17)30-2)23-20(28)12-31-21-25-24-19-10-8-16(26-27(19)21)13-3-5-14(22)6-4-13/h3-11H,12H2,1-2H3,(H,23,28). The summed E-state index contributed by atoms with van der Waals surface area (Å²) < 4.78 is 13.1. The number of nitrogens with one attached hydrogen (secondary N) is 1. The highest BCUT2D eigenvalue weighted by Crippen LogP contribution is 2.30. The van der Waals surface area contributed by atoms with Gasteiger partial charge in [0.05, 0.1) is 25.7 Å². The smallest absolute Gasteiger partial charge is 0.234 e. The number of ether oxygens (including phenoxy) is 2. The molecule has 0 atom stereocenters. The zero-order valence-corrected chi connectivity index (χ0v) is 19.1. The maximum atomic E-state index is 12.4. The lowest BCUT2D eigenvalue weighted by atomic mass is 10.1. The van der Waals surface area contributed by atoms with Gasteiger partial charge in [0.25, 0.3) is 0 Å². The summed E-state index contributed by atoms with van der Waals surface area (Å²) in [5.41, 5.74) is 2.99. The number of anilines is 1. The first-order valence-electron chi connectivity index (χ1n) is 9.20. The summed E-state index contributed by atoms with van der Waals surface area (Å²) in [5.74, 6) is 1.11. The van der Waals surface area contributed by atoms with E-state index in [4.69, 9.17) is 9.47 Å².